The second-order valence-corrected chi connectivity index (χ2v) is 5.85. The molecule has 0 saturated heterocycles. The van der Waals surface area contributed by atoms with Crippen molar-refractivity contribution >= 4 is 28.3 Å². The van der Waals surface area contributed by atoms with Gasteiger partial charge >= 0.3 is 17.8 Å². The molecule has 2 aromatic heterocycles. The van der Waals surface area contributed by atoms with Crippen LogP contribution in [0.15, 0.2) is 10.2 Å². The fraction of sp³-hybridized carbons (Fsp3) is 0.462. The van der Waals surface area contributed by atoms with Crippen molar-refractivity contribution in [2.45, 2.75) is 26.1 Å². The summed E-state index contributed by atoms with van der Waals surface area (Å²) in [4.78, 5) is 39.0. The van der Waals surface area contributed by atoms with E-state index in [-0.39, 0.29) is 18.2 Å². The van der Waals surface area contributed by atoms with Crippen LogP contribution in [0.1, 0.15) is 18.4 Å². The molecule has 2 rings (SSSR count). The van der Waals surface area contributed by atoms with Gasteiger partial charge in [0.25, 0.3) is 0 Å². The molecule has 0 unspecified atom stereocenters. The Hall–Kier alpha value is -2.70. The molecule has 0 radical (unpaired) electrons. The van der Waals surface area contributed by atoms with E-state index in [1.54, 1.807) is 6.92 Å². The van der Waals surface area contributed by atoms with Crippen molar-refractivity contribution in [2.75, 3.05) is 11.9 Å². The zero-order valence-electron chi connectivity index (χ0n) is 13.7. The van der Waals surface area contributed by atoms with E-state index < -0.39 is 36.1 Å². The lowest BCUT2D eigenvalue weighted by molar-refractivity contribution is -0.147. The maximum atomic E-state index is 12.7. The minimum atomic E-state index is -4.81. The van der Waals surface area contributed by atoms with Crippen molar-refractivity contribution in [3.8, 4) is 0 Å². The number of carbonyl (C=O) groups excluding carboxylic acids is 2. The Morgan fingerprint density at radius 2 is 2.08 bits per heavy atom. The van der Waals surface area contributed by atoms with E-state index in [2.05, 4.69) is 15.4 Å². The normalized spacial score (nSPS) is 11.4. The van der Waals surface area contributed by atoms with E-state index in [9.17, 15) is 27.6 Å². The second-order valence-electron chi connectivity index (χ2n) is 4.99. The summed E-state index contributed by atoms with van der Waals surface area (Å²) < 4.78 is 43.6. The molecule has 2 aromatic rings. The number of thiazole rings is 1. The second kappa shape index (κ2) is 7.68. The van der Waals surface area contributed by atoms with Crippen LogP contribution in [-0.2, 0) is 40.5 Å². The Labute approximate surface area is 148 Å². The monoisotopic (exact) mass is 393 g/mol. The summed E-state index contributed by atoms with van der Waals surface area (Å²) in [6.07, 6.45) is -4.89. The number of ether oxygens (including phenoxy) is 1. The first-order chi connectivity index (χ1) is 12.1. The Balaban J connectivity index is 2.03. The first-order valence-electron chi connectivity index (χ1n) is 7.22. The molecule has 1 N–H and O–H groups in total. The van der Waals surface area contributed by atoms with Crippen LogP contribution in [0.3, 0.4) is 0 Å². The molecule has 9 nitrogen and oxygen atoms in total. The Kier molecular flexibility index (Phi) is 5.79. The number of nitrogens with zero attached hydrogens (tertiary/aromatic N) is 4. The maximum absolute atomic E-state index is 12.7. The number of halogens is 3. The number of carbonyl (C=O) groups is 2. The number of aromatic nitrogens is 4. The van der Waals surface area contributed by atoms with E-state index in [1.165, 1.54) is 5.38 Å². The molecular formula is C13H14F3N5O4S. The van der Waals surface area contributed by atoms with E-state index >= 15 is 0 Å². The van der Waals surface area contributed by atoms with Crippen LogP contribution in [0.2, 0.25) is 0 Å². The standard InChI is InChI=1S/C13H14F3N5O4S/c1-3-25-9(23)4-7-6-26-11(17-7)18-8(22)5-21-12(24)20(2)10(19-21)13(14,15)16/h6H,3-5H2,1-2H3,(H,17,18,22). The summed E-state index contributed by atoms with van der Waals surface area (Å²) >= 11 is 1.02. The highest BCUT2D eigenvalue weighted by molar-refractivity contribution is 7.13. The van der Waals surface area contributed by atoms with Crippen molar-refractivity contribution in [1.82, 2.24) is 19.3 Å². The maximum Gasteiger partial charge on any atom is 0.451 e. The van der Waals surface area contributed by atoms with Gasteiger partial charge in [-0.15, -0.1) is 16.4 Å². The van der Waals surface area contributed by atoms with E-state index in [4.69, 9.17) is 4.74 Å². The molecule has 0 bridgehead atoms. The van der Waals surface area contributed by atoms with Crippen LogP contribution in [0.25, 0.3) is 0 Å². The number of nitrogens with one attached hydrogen (secondary N) is 1. The molecule has 0 spiro atoms. The van der Waals surface area contributed by atoms with Crippen molar-refractivity contribution in [2.24, 2.45) is 7.05 Å². The third-order valence-electron chi connectivity index (χ3n) is 3.02. The third-order valence-corrected chi connectivity index (χ3v) is 3.82. The molecule has 0 aliphatic carbocycles. The Morgan fingerprint density at radius 1 is 1.38 bits per heavy atom. The van der Waals surface area contributed by atoms with Crippen molar-refractivity contribution < 1.29 is 27.5 Å². The number of alkyl halides is 3. The minimum Gasteiger partial charge on any atom is -0.466 e. The average Bonchev–Trinajstić information content (AvgIpc) is 3.06. The molecule has 2 heterocycles. The molecule has 142 valence electrons. The number of esters is 1. The predicted molar refractivity (Wildman–Crippen MR) is 83.6 cm³/mol. The molecule has 13 heteroatoms. The molecule has 0 aliphatic rings. The molecule has 0 fully saturated rings. The summed E-state index contributed by atoms with van der Waals surface area (Å²) in [5, 5.41) is 7.13. The molecule has 0 atom stereocenters. The summed E-state index contributed by atoms with van der Waals surface area (Å²) in [5.74, 6) is -2.66. The quantitative estimate of drug-likeness (QED) is 0.728. The van der Waals surface area contributed by atoms with Crippen molar-refractivity contribution in [1.29, 1.82) is 0 Å². The number of hydrogen-bond donors (Lipinski definition) is 1. The van der Waals surface area contributed by atoms with Gasteiger partial charge in [-0.3, -0.25) is 14.2 Å². The highest BCUT2D eigenvalue weighted by atomic mass is 32.1. The van der Waals surface area contributed by atoms with Crippen LogP contribution < -0.4 is 11.0 Å². The summed E-state index contributed by atoms with van der Waals surface area (Å²) in [7, 11) is 0.912. The molecule has 0 aromatic carbocycles. The molecular weight excluding hydrogens is 379 g/mol. The van der Waals surface area contributed by atoms with Gasteiger partial charge < -0.3 is 10.1 Å². The van der Waals surface area contributed by atoms with E-state index in [1.807, 2.05) is 0 Å². The van der Waals surface area contributed by atoms with Gasteiger partial charge in [0.1, 0.15) is 6.54 Å². The number of amides is 1. The smallest absolute Gasteiger partial charge is 0.451 e. The first-order valence-corrected chi connectivity index (χ1v) is 8.10. The molecule has 0 saturated carbocycles. The Morgan fingerprint density at radius 3 is 2.65 bits per heavy atom. The molecule has 1 amide bonds. The van der Waals surface area contributed by atoms with Crippen molar-refractivity contribution in [3.05, 3.63) is 27.4 Å². The van der Waals surface area contributed by atoms with E-state index in [0.29, 0.717) is 14.9 Å². The first kappa shape index (κ1) is 19.6. The van der Waals surface area contributed by atoms with Gasteiger partial charge in [0.15, 0.2) is 5.13 Å². The lowest BCUT2D eigenvalue weighted by Crippen LogP contribution is -2.29. The lowest BCUT2D eigenvalue weighted by atomic mass is 10.3. The SMILES string of the molecule is CCOC(=O)Cc1csc(NC(=O)Cn2nc(C(F)(F)F)n(C)c2=O)n1. The molecule has 0 aliphatic heterocycles. The van der Waals surface area contributed by atoms with Gasteiger partial charge in [0, 0.05) is 12.4 Å². The minimum absolute atomic E-state index is 0.0746. The fourth-order valence-electron chi connectivity index (χ4n) is 1.94. The fourth-order valence-corrected chi connectivity index (χ4v) is 2.66. The van der Waals surface area contributed by atoms with Gasteiger partial charge in [-0.2, -0.15) is 13.2 Å². The summed E-state index contributed by atoms with van der Waals surface area (Å²) in [6.45, 7) is 1.18. The number of anilines is 1. The highest BCUT2D eigenvalue weighted by Gasteiger charge is 2.38. The zero-order chi connectivity index (χ0) is 19.5. The predicted octanol–water partition coefficient (Wildman–Crippen LogP) is 0.801. The van der Waals surface area contributed by atoms with Gasteiger partial charge in [0.2, 0.25) is 11.7 Å². The van der Waals surface area contributed by atoms with Gasteiger partial charge in [-0.25, -0.2) is 14.5 Å². The van der Waals surface area contributed by atoms with Gasteiger partial charge in [-0.1, -0.05) is 0 Å². The Bertz CT molecular complexity index is 870. The average molecular weight is 393 g/mol. The van der Waals surface area contributed by atoms with Gasteiger partial charge in [-0.05, 0) is 6.92 Å². The highest BCUT2D eigenvalue weighted by Crippen LogP contribution is 2.26. The largest absolute Gasteiger partial charge is 0.466 e. The topological polar surface area (TPSA) is 108 Å². The van der Waals surface area contributed by atoms with Crippen molar-refractivity contribution in [3.63, 3.8) is 0 Å². The number of rotatable bonds is 6. The lowest BCUT2D eigenvalue weighted by Gasteiger charge is -2.02. The summed E-state index contributed by atoms with van der Waals surface area (Å²) in [5.41, 5.74) is -0.701. The summed E-state index contributed by atoms with van der Waals surface area (Å²) in [6, 6.07) is 0. The van der Waals surface area contributed by atoms with Crippen LogP contribution in [-0.4, -0.2) is 37.8 Å². The molecule has 26 heavy (non-hydrogen) atoms. The van der Waals surface area contributed by atoms with Crippen LogP contribution in [0, 0.1) is 0 Å². The third kappa shape index (κ3) is 4.68. The van der Waals surface area contributed by atoms with Crippen LogP contribution in [0.4, 0.5) is 18.3 Å². The van der Waals surface area contributed by atoms with E-state index in [0.717, 1.165) is 18.4 Å². The van der Waals surface area contributed by atoms with Crippen LogP contribution in [0.5, 0.6) is 0 Å². The van der Waals surface area contributed by atoms with Crippen LogP contribution >= 0.6 is 11.3 Å². The zero-order valence-corrected chi connectivity index (χ0v) is 14.5. The number of hydrogen-bond acceptors (Lipinski definition) is 7. The van der Waals surface area contributed by atoms with Gasteiger partial charge in [0.05, 0.1) is 18.7 Å².